The molecule has 2 nitrogen and oxygen atoms in total. The lowest BCUT2D eigenvalue weighted by Gasteiger charge is -2.28. The first-order valence-electron chi connectivity index (χ1n) is 6.99. The van der Waals surface area contributed by atoms with Crippen LogP contribution in [0.1, 0.15) is 31.7 Å². The average molecular weight is 244 g/mol. The van der Waals surface area contributed by atoms with Crippen molar-refractivity contribution in [3.8, 4) is 0 Å². The van der Waals surface area contributed by atoms with E-state index >= 15 is 0 Å². The molecule has 1 aromatic rings. The predicted octanol–water partition coefficient (Wildman–Crippen LogP) is 3.34. The zero-order chi connectivity index (χ0) is 12.8. The van der Waals surface area contributed by atoms with Crippen molar-refractivity contribution in [2.24, 2.45) is 0 Å². The van der Waals surface area contributed by atoms with Crippen LogP contribution in [0.3, 0.4) is 0 Å². The SMILES string of the molecule is C=CC(C)NCc1ccc(N2CCCCC2)cc1. The van der Waals surface area contributed by atoms with E-state index < -0.39 is 0 Å². The Balaban J connectivity index is 1.90. The van der Waals surface area contributed by atoms with E-state index in [0.29, 0.717) is 6.04 Å². The molecule has 0 aliphatic carbocycles. The summed E-state index contributed by atoms with van der Waals surface area (Å²) in [5.41, 5.74) is 2.71. The third-order valence-corrected chi connectivity index (χ3v) is 3.64. The Bertz CT molecular complexity index is 363. The van der Waals surface area contributed by atoms with Crippen LogP contribution in [0.15, 0.2) is 36.9 Å². The maximum atomic E-state index is 3.78. The number of hydrogen-bond donors (Lipinski definition) is 1. The van der Waals surface area contributed by atoms with Crippen molar-refractivity contribution in [2.75, 3.05) is 18.0 Å². The van der Waals surface area contributed by atoms with Crippen molar-refractivity contribution in [3.05, 3.63) is 42.5 Å². The van der Waals surface area contributed by atoms with Crippen molar-refractivity contribution >= 4 is 5.69 Å². The molecule has 1 saturated heterocycles. The maximum absolute atomic E-state index is 3.78. The van der Waals surface area contributed by atoms with Gasteiger partial charge in [0.2, 0.25) is 0 Å². The minimum Gasteiger partial charge on any atom is -0.372 e. The molecule has 0 radical (unpaired) electrons. The molecule has 1 fully saturated rings. The molecule has 1 atom stereocenters. The standard InChI is InChI=1S/C16H24N2/c1-3-14(2)17-13-15-7-9-16(10-8-15)18-11-5-4-6-12-18/h3,7-10,14,17H,1,4-6,11-13H2,2H3. The number of rotatable bonds is 5. The maximum Gasteiger partial charge on any atom is 0.0366 e. The lowest BCUT2D eigenvalue weighted by Crippen LogP contribution is -2.29. The van der Waals surface area contributed by atoms with Gasteiger partial charge >= 0.3 is 0 Å². The van der Waals surface area contributed by atoms with Crippen LogP contribution in [0.25, 0.3) is 0 Å². The zero-order valence-electron chi connectivity index (χ0n) is 11.4. The highest BCUT2D eigenvalue weighted by Gasteiger charge is 2.10. The van der Waals surface area contributed by atoms with Gasteiger partial charge in [0.05, 0.1) is 0 Å². The lowest BCUT2D eigenvalue weighted by atomic mass is 10.1. The first kappa shape index (κ1) is 13.2. The second-order valence-corrected chi connectivity index (χ2v) is 5.12. The van der Waals surface area contributed by atoms with Gasteiger partial charge in [-0.15, -0.1) is 6.58 Å². The molecular formula is C16H24N2. The van der Waals surface area contributed by atoms with Gasteiger partial charge in [-0.1, -0.05) is 18.2 Å². The fourth-order valence-electron chi connectivity index (χ4n) is 2.34. The molecule has 1 heterocycles. The van der Waals surface area contributed by atoms with E-state index in [1.54, 1.807) is 0 Å². The Kier molecular flexibility index (Phi) is 4.82. The fraction of sp³-hybridized carbons (Fsp3) is 0.500. The van der Waals surface area contributed by atoms with Crippen LogP contribution in [-0.2, 0) is 6.54 Å². The van der Waals surface area contributed by atoms with Gasteiger partial charge in [0.15, 0.2) is 0 Å². The van der Waals surface area contributed by atoms with E-state index in [1.807, 2.05) is 6.08 Å². The van der Waals surface area contributed by atoms with Crippen LogP contribution in [0.5, 0.6) is 0 Å². The molecule has 2 rings (SSSR count). The third-order valence-electron chi connectivity index (χ3n) is 3.64. The van der Waals surface area contributed by atoms with Crippen molar-refractivity contribution in [3.63, 3.8) is 0 Å². The second kappa shape index (κ2) is 6.60. The molecule has 18 heavy (non-hydrogen) atoms. The summed E-state index contributed by atoms with van der Waals surface area (Å²) in [4.78, 5) is 2.49. The first-order chi connectivity index (χ1) is 8.79. The van der Waals surface area contributed by atoms with E-state index in [2.05, 4.69) is 48.0 Å². The Hall–Kier alpha value is -1.28. The normalized spacial score (nSPS) is 17.5. The lowest BCUT2D eigenvalue weighted by molar-refractivity contribution is 0.577. The van der Waals surface area contributed by atoms with Gasteiger partial charge in [0.1, 0.15) is 0 Å². The van der Waals surface area contributed by atoms with E-state index in [1.165, 1.54) is 43.6 Å². The van der Waals surface area contributed by atoms with Crippen molar-refractivity contribution < 1.29 is 0 Å². The molecule has 0 saturated carbocycles. The van der Waals surface area contributed by atoms with Crippen LogP contribution in [0.4, 0.5) is 5.69 Å². The van der Waals surface area contributed by atoms with Crippen LogP contribution in [0.2, 0.25) is 0 Å². The van der Waals surface area contributed by atoms with Crippen molar-refractivity contribution in [1.29, 1.82) is 0 Å². The highest BCUT2D eigenvalue weighted by atomic mass is 15.1. The molecule has 0 amide bonds. The zero-order valence-corrected chi connectivity index (χ0v) is 11.4. The van der Waals surface area contributed by atoms with Gasteiger partial charge in [-0.3, -0.25) is 0 Å². The van der Waals surface area contributed by atoms with E-state index in [9.17, 15) is 0 Å². The van der Waals surface area contributed by atoms with Crippen molar-refractivity contribution in [2.45, 2.75) is 38.8 Å². The van der Waals surface area contributed by atoms with Crippen LogP contribution >= 0.6 is 0 Å². The van der Waals surface area contributed by atoms with Crippen molar-refractivity contribution in [1.82, 2.24) is 5.32 Å². The fourth-order valence-corrected chi connectivity index (χ4v) is 2.34. The molecule has 2 heteroatoms. The molecule has 1 aliphatic heterocycles. The Morgan fingerprint density at radius 2 is 1.89 bits per heavy atom. The third kappa shape index (κ3) is 3.61. The number of nitrogens with zero attached hydrogens (tertiary/aromatic N) is 1. The van der Waals surface area contributed by atoms with E-state index in [0.717, 1.165) is 6.54 Å². The van der Waals surface area contributed by atoms with E-state index in [-0.39, 0.29) is 0 Å². The van der Waals surface area contributed by atoms with Gasteiger partial charge in [-0.25, -0.2) is 0 Å². The summed E-state index contributed by atoms with van der Waals surface area (Å²) in [5.74, 6) is 0. The first-order valence-corrected chi connectivity index (χ1v) is 6.99. The molecule has 0 spiro atoms. The Morgan fingerprint density at radius 1 is 1.22 bits per heavy atom. The summed E-state index contributed by atoms with van der Waals surface area (Å²) in [6.45, 7) is 9.24. The van der Waals surface area contributed by atoms with E-state index in [4.69, 9.17) is 0 Å². The Morgan fingerprint density at radius 3 is 2.50 bits per heavy atom. The summed E-state index contributed by atoms with van der Waals surface area (Å²) in [6, 6.07) is 9.33. The summed E-state index contributed by atoms with van der Waals surface area (Å²) >= 11 is 0. The van der Waals surface area contributed by atoms with Crippen LogP contribution in [-0.4, -0.2) is 19.1 Å². The number of nitrogens with one attached hydrogen (secondary N) is 1. The number of anilines is 1. The number of hydrogen-bond acceptors (Lipinski definition) is 2. The summed E-state index contributed by atoms with van der Waals surface area (Å²) in [6.07, 6.45) is 5.99. The Labute approximate surface area is 111 Å². The van der Waals surface area contributed by atoms with Gasteiger partial charge in [-0.05, 0) is 43.9 Å². The average Bonchev–Trinajstić information content (AvgIpc) is 2.46. The molecule has 1 N–H and O–H groups in total. The largest absolute Gasteiger partial charge is 0.372 e. The molecule has 1 aromatic carbocycles. The molecule has 0 aromatic heterocycles. The van der Waals surface area contributed by atoms with Gasteiger partial charge < -0.3 is 10.2 Å². The summed E-state index contributed by atoms with van der Waals surface area (Å²) in [5, 5.41) is 3.42. The minimum absolute atomic E-state index is 0.367. The monoisotopic (exact) mass is 244 g/mol. The highest BCUT2D eigenvalue weighted by molar-refractivity contribution is 5.47. The second-order valence-electron chi connectivity index (χ2n) is 5.12. The quantitative estimate of drug-likeness (QED) is 0.799. The number of piperidine rings is 1. The highest BCUT2D eigenvalue weighted by Crippen LogP contribution is 2.20. The topological polar surface area (TPSA) is 15.3 Å². The summed E-state index contributed by atoms with van der Waals surface area (Å²) < 4.78 is 0. The van der Waals surface area contributed by atoms with Crippen LogP contribution < -0.4 is 10.2 Å². The van der Waals surface area contributed by atoms with Gasteiger partial charge in [-0.2, -0.15) is 0 Å². The summed E-state index contributed by atoms with van der Waals surface area (Å²) in [7, 11) is 0. The molecular weight excluding hydrogens is 220 g/mol. The minimum atomic E-state index is 0.367. The predicted molar refractivity (Wildman–Crippen MR) is 79.0 cm³/mol. The van der Waals surface area contributed by atoms with Gasteiger partial charge in [0, 0.05) is 31.4 Å². The molecule has 0 bridgehead atoms. The molecule has 1 aliphatic rings. The molecule has 98 valence electrons. The molecule has 1 unspecified atom stereocenters. The smallest absolute Gasteiger partial charge is 0.0366 e. The van der Waals surface area contributed by atoms with Crippen LogP contribution in [0, 0.1) is 0 Å². The number of benzene rings is 1. The van der Waals surface area contributed by atoms with Gasteiger partial charge in [0.25, 0.3) is 0 Å².